The third-order valence-electron chi connectivity index (χ3n) is 2.84. The molecule has 0 bridgehead atoms. The van der Waals surface area contributed by atoms with Crippen LogP contribution < -0.4 is 0 Å². The molecule has 0 aromatic heterocycles. The maximum Gasteiger partial charge on any atom is 0.339 e. The Hall–Kier alpha value is -0.270. The molecule has 5 heteroatoms. The minimum atomic E-state index is -0.216. The Morgan fingerprint density at radius 2 is 2.06 bits per heavy atom. The van der Waals surface area contributed by atoms with E-state index >= 15 is 0 Å². The van der Waals surface area contributed by atoms with Gasteiger partial charge in [0, 0.05) is 34.7 Å². The van der Waals surface area contributed by atoms with Crippen LogP contribution in [0.5, 0.6) is 0 Å². The Labute approximate surface area is 125 Å². The zero-order chi connectivity index (χ0) is 12.8. The van der Waals surface area contributed by atoms with Gasteiger partial charge in [-0.15, -0.1) is 0 Å². The summed E-state index contributed by atoms with van der Waals surface area (Å²) in [6, 6.07) is 7.51. The van der Waals surface area contributed by atoms with Crippen LogP contribution in [0.3, 0.4) is 0 Å². The van der Waals surface area contributed by atoms with Crippen LogP contribution in [0.25, 0.3) is 0 Å². The number of benzene rings is 1. The van der Waals surface area contributed by atoms with Crippen LogP contribution in [-0.4, -0.2) is 48.6 Å². The van der Waals surface area contributed by atoms with Gasteiger partial charge in [-0.1, -0.05) is 12.1 Å². The fourth-order valence-corrected chi connectivity index (χ4v) is 3.38. The van der Waals surface area contributed by atoms with Gasteiger partial charge < -0.3 is 4.74 Å². The lowest BCUT2D eigenvalue weighted by molar-refractivity contribution is 0.0465. The van der Waals surface area contributed by atoms with Crippen molar-refractivity contribution < 1.29 is 9.53 Å². The molecule has 0 unspecified atom stereocenters. The Bertz CT molecular complexity index is 408. The second-order valence-electron chi connectivity index (χ2n) is 4.07. The van der Waals surface area contributed by atoms with Crippen molar-refractivity contribution in [3.8, 4) is 0 Å². The number of nitrogens with zero attached hydrogens (tertiary/aromatic N) is 1. The summed E-state index contributed by atoms with van der Waals surface area (Å²) in [4.78, 5) is 14.2. The van der Waals surface area contributed by atoms with Crippen molar-refractivity contribution >= 4 is 40.3 Å². The van der Waals surface area contributed by atoms with Crippen molar-refractivity contribution in [1.29, 1.82) is 0 Å². The summed E-state index contributed by atoms with van der Waals surface area (Å²) in [7, 11) is 0. The summed E-state index contributed by atoms with van der Waals surface area (Å²) in [5.74, 6) is 2.15. The van der Waals surface area contributed by atoms with Gasteiger partial charge in [-0.3, -0.25) is 4.90 Å². The van der Waals surface area contributed by atoms with Crippen LogP contribution in [-0.2, 0) is 4.74 Å². The van der Waals surface area contributed by atoms with Crippen LogP contribution in [0.15, 0.2) is 24.3 Å². The first-order valence-electron chi connectivity index (χ1n) is 5.99. The molecule has 0 spiro atoms. The highest BCUT2D eigenvalue weighted by Gasteiger charge is 2.13. The van der Waals surface area contributed by atoms with Gasteiger partial charge in [0.1, 0.15) is 6.61 Å². The van der Waals surface area contributed by atoms with Gasteiger partial charge in [0.05, 0.1) is 5.56 Å². The van der Waals surface area contributed by atoms with Crippen molar-refractivity contribution in [1.82, 2.24) is 4.90 Å². The van der Waals surface area contributed by atoms with E-state index in [1.807, 2.05) is 36.0 Å². The van der Waals surface area contributed by atoms with E-state index in [9.17, 15) is 4.79 Å². The molecule has 0 N–H and O–H groups in total. The zero-order valence-corrected chi connectivity index (χ0v) is 13.1. The molecule has 18 heavy (non-hydrogen) atoms. The average Bonchev–Trinajstić information content (AvgIpc) is 2.40. The second kappa shape index (κ2) is 7.35. The Morgan fingerprint density at radius 3 is 2.78 bits per heavy atom. The molecule has 1 aromatic carbocycles. The van der Waals surface area contributed by atoms with Gasteiger partial charge in [-0.05, 0) is 34.7 Å². The number of carbonyl (C=O) groups excluding carboxylic acids is 1. The number of hydrogen-bond donors (Lipinski definition) is 0. The molecular formula is C13H16INO2S. The van der Waals surface area contributed by atoms with E-state index in [0.29, 0.717) is 12.2 Å². The number of halogens is 1. The van der Waals surface area contributed by atoms with Gasteiger partial charge in [0.15, 0.2) is 0 Å². The highest BCUT2D eigenvalue weighted by atomic mass is 127. The molecule has 98 valence electrons. The van der Waals surface area contributed by atoms with Crippen molar-refractivity contribution in [2.45, 2.75) is 0 Å². The minimum Gasteiger partial charge on any atom is -0.461 e. The zero-order valence-electron chi connectivity index (χ0n) is 10.1. The van der Waals surface area contributed by atoms with Crippen LogP contribution in [0, 0.1) is 3.57 Å². The number of hydrogen-bond acceptors (Lipinski definition) is 4. The van der Waals surface area contributed by atoms with Crippen molar-refractivity contribution in [2.75, 3.05) is 37.7 Å². The van der Waals surface area contributed by atoms with Crippen LogP contribution in [0.4, 0.5) is 0 Å². The molecule has 0 amide bonds. The lowest BCUT2D eigenvalue weighted by Crippen LogP contribution is -2.35. The highest BCUT2D eigenvalue weighted by Crippen LogP contribution is 2.13. The second-order valence-corrected chi connectivity index (χ2v) is 6.46. The molecular weight excluding hydrogens is 361 g/mol. The predicted molar refractivity (Wildman–Crippen MR) is 83.2 cm³/mol. The van der Waals surface area contributed by atoms with Crippen molar-refractivity contribution in [3.05, 3.63) is 33.4 Å². The van der Waals surface area contributed by atoms with Crippen LogP contribution in [0.2, 0.25) is 0 Å². The number of rotatable bonds is 4. The van der Waals surface area contributed by atoms with Gasteiger partial charge in [-0.2, -0.15) is 11.8 Å². The molecule has 0 radical (unpaired) electrons. The SMILES string of the molecule is O=C(OCCN1CCSCC1)c1ccccc1I. The summed E-state index contributed by atoms with van der Waals surface area (Å²) < 4.78 is 6.26. The molecule has 3 nitrogen and oxygen atoms in total. The molecule has 1 heterocycles. The van der Waals surface area contributed by atoms with E-state index in [0.717, 1.165) is 23.2 Å². The Morgan fingerprint density at radius 1 is 1.33 bits per heavy atom. The first-order valence-corrected chi connectivity index (χ1v) is 8.22. The van der Waals surface area contributed by atoms with Crippen LogP contribution in [0.1, 0.15) is 10.4 Å². The minimum absolute atomic E-state index is 0.216. The van der Waals surface area contributed by atoms with E-state index in [1.165, 1.54) is 11.5 Å². The van der Waals surface area contributed by atoms with Gasteiger partial charge in [0.25, 0.3) is 0 Å². The number of carbonyl (C=O) groups is 1. The summed E-state index contributed by atoms with van der Waals surface area (Å²) in [6.45, 7) is 3.53. The van der Waals surface area contributed by atoms with E-state index in [4.69, 9.17) is 4.74 Å². The standard InChI is InChI=1S/C13H16INO2S/c14-12-4-2-1-3-11(12)13(16)17-8-5-15-6-9-18-10-7-15/h1-4H,5-10H2. The number of esters is 1. The molecule has 2 rings (SSSR count). The van der Waals surface area contributed by atoms with Gasteiger partial charge in [0.2, 0.25) is 0 Å². The van der Waals surface area contributed by atoms with E-state index < -0.39 is 0 Å². The summed E-state index contributed by atoms with van der Waals surface area (Å²) in [5, 5.41) is 0. The maximum atomic E-state index is 11.9. The normalized spacial score (nSPS) is 16.5. The largest absolute Gasteiger partial charge is 0.461 e. The molecule has 1 aliphatic rings. The van der Waals surface area contributed by atoms with Crippen LogP contribution >= 0.6 is 34.4 Å². The molecule has 0 aliphatic carbocycles. The summed E-state index contributed by atoms with van der Waals surface area (Å²) in [5.41, 5.74) is 0.660. The molecule has 1 aromatic rings. The average molecular weight is 377 g/mol. The first kappa shape index (κ1) is 14.1. The van der Waals surface area contributed by atoms with E-state index in [-0.39, 0.29) is 5.97 Å². The number of thioether (sulfide) groups is 1. The number of ether oxygens (including phenoxy) is 1. The van der Waals surface area contributed by atoms with Crippen molar-refractivity contribution in [2.24, 2.45) is 0 Å². The molecule has 1 aliphatic heterocycles. The third-order valence-corrected chi connectivity index (χ3v) is 4.72. The smallest absolute Gasteiger partial charge is 0.339 e. The quantitative estimate of drug-likeness (QED) is 0.596. The van der Waals surface area contributed by atoms with Crippen molar-refractivity contribution in [3.63, 3.8) is 0 Å². The highest BCUT2D eigenvalue weighted by molar-refractivity contribution is 14.1. The molecule has 0 saturated carbocycles. The molecule has 1 fully saturated rings. The fourth-order valence-electron chi connectivity index (χ4n) is 1.80. The topological polar surface area (TPSA) is 29.5 Å². The Balaban J connectivity index is 1.76. The third kappa shape index (κ3) is 4.13. The molecule has 1 saturated heterocycles. The fraction of sp³-hybridized carbons (Fsp3) is 0.462. The molecule has 0 atom stereocenters. The Kier molecular flexibility index (Phi) is 5.78. The predicted octanol–water partition coefficient (Wildman–Crippen LogP) is 2.50. The lowest BCUT2D eigenvalue weighted by Gasteiger charge is -2.25. The summed E-state index contributed by atoms with van der Waals surface area (Å²) in [6.07, 6.45) is 0. The van der Waals surface area contributed by atoms with Gasteiger partial charge >= 0.3 is 5.97 Å². The lowest BCUT2D eigenvalue weighted by atomic mass is 10.2. The maximum absolute atomic E-state index is 11.9. The van der Waals surface area contributed by atoms with E-state index in [1.54, 1.807) is 0 Å². The first-order chi connectivity index (χ1) is 8.77. The summed E-state index contributed by atoms with van der Waals surface area (Å²) >= 11 is 4.14. The van der Waals surface area contributed by atoms with Gasteiger partial charge in [-0.25, -0.2) is 4.79 Å². The van der Waals surface area contributed by atoms with E-state index in [2.05, 4.69) is 27.5 Å². The monoisotopic (exact) mass is 377 g/mol.